The van der Waals surface area contributed by atoms with E-state index < -0.39 is 0 Å². The fraction of sp³-hybridized carbons (Fsp3) is 0. The lowest BCUT2D eigenvalue weighted by Gasteiger charge is -2.19. The summed E-state index contributed by atoms with van der Waals surface area (Å²) in [6.45, 7) is 0. The Morgan fingerprint density at radius 2 is 0.927 bits per heavy atom. The number of aromatic nitrogens is 4. The minimum atomic E-state index is 0.881. The van der Waals surface area contributed by atoms with E-state index in [9.17, 15) is 0 Å². The molecule has 0 amide bonds. The van der Waals surface area contributed by atoms with Crippen molar-refractivity contribution in [3.05, 3.63) is 195 Å². The Morgan fingerprint density at radius 1 is 0.345 bits per heavy atom. The summed E-state index contributed by atoms with van der Waals surface area (Å²) in [5.74, 6) is 0. The third-order valence-corrected chi connectivity index (χ3v) is 10.9. The summed E-state index contributed by atoms with van der Waals surface area (Å²) in [6.07, 6.45) is 7.53. The Kier molecular flexibility index (Phi) is 7.14. The van der Waals surface area contributed by atoms with Crippen molar-refractivity contribution in [2.24, 2.45) is 0 Å². The van der Waals surface area contributed by atoms with Crippen LogP contribution in [-0.4, -0.2) is 19.5 Å². The maximum atomic E-state index is 5.29. The molecule has 4 nitrogen and oxygen atoms in total. The summed E-state index contributed by atoms with van der Waals surface area (Å²) in [7, 11) is 0. The zero-order valence-electron chi connectivity index (χ0n) is 29.8. The summed E-state index contributed by atoms with van der Waals surface area (Å²) in [5, 5.41) is 9.66. The summed E-state index contributed by atoms with van der Waals surface area (Å²) >= 11 is 0. The standard InChI is InChI=1S/C51H32N4/c1-2-11-35-28-36(20-19-33(35)10-1)50-41-14-3-5-16-43(41)51(44-17-6-4-15-42(44)50)38-29-46(54-47(30-38)37-12-9-26-52-31-37)34-21-23-39(24-22-34)55-48-18-8-7-13-40(48)45-32-53-27-25-49(45)55/h1-32H. The molecule has 0 spiro atoms. The van der Waals surface area contributed by atoms with E-state index in [-0.39, 0.29) is 0 Å². The summed E-state index contributed by atoms with van der Waals surface area (Å²) in [4.78, 5) is 14.2. The summed E-state index contributed by atoms with van der Waals surface area (Å²) in [5.41, 5.74) is 11.9. The van der Waals surface area contributed by atoms with Crippen LogP contribution in [0, 0.1) is 0 Å². The van der Waals surface area contributed by atoms with Crippen molar-refractivity contribution in [2.45, 2.75) is 0 Å². The van der Waals surface area contributed by atoms with Gasteiger partial charge in [0.2, 0.25) is 0 Å². The van der Waals surface area contributed by atoms with Gasteiger partial charge >= 0.3 is 0 Å². The largest absolute Gasteiger partial charge is 0.309 e. The highest BCUT2D eigenvalue weighted by Crippen LogP contribution is 2.45. The lowest BCUT2D eigenvalue weighted by molar-refractivity contribution is 1.17. The van der Waals surface area contributed by atoms with Gasteiger partial charge in [0.1, 0.15) is 0 Å². The van der Waals surface area contributed by atoms with Gasteiger partial charge in [0.05, 0.1) is 22.4 Å². The van der Waals surface area contributed by atoms with Gasteiger partial charge in [-0.3, -0.25) is 9.97 Å². The Morgan fingerprint density at radius 3 is 1.64 bits per heavy atom. The Balaban J connectivity index is 1.13. The topological polar surface area (TPSA) is 43.6 Å². The molecule has 0 aliphatic rings. The van der Waals surface area contributed by atoms with Gasteiger partial charge in [0.15, 0.2) is 0 Å². The van der Waals surface area contributed by atoms with E-state index in [1.165, 1.54) is 54.4 Å². The molecule has 0 bridgehead atoms. The fourth-order valence-corrected chi connectivity index (χ4v) is 8.46. The quantitative estimate of drug-likeness (QED) is 0.168. The van der Waals surface area contributed by atoms with Crippen molar-refractivity contribution in [3.8, 4) is 50.5 Å². The van der Waals surface area contributed by atoms with Gasteiger partial charge in [0, 0.05) is 52.4 Å². The smallest absolute Gasteiger partial charge is 0.0731 e. The van der Waals surface area contributed by atoms with E-state index in [1.807, 2.05) is 30.9 Å². The van der Waals surface area contributed by atoms with Crippen LogP contribution in [0.15, 0.2) is 195 Å². The average molecular weight is 701 g/mol. The summed E-state index contributed by atoms with van der Waals surface area (Å²) < 4.78 is 2.32. The number of rotatable bonds is 5. The second-order valence-corrected chi connectivity index (χ2v) is 14.1. The normalized spacial score (nSPS) is 11.6. The van der Waals surface area contributed by atoms with Crippen LogP contribution in [0.2, 0.25) is 0 Å². The molecule has 0 N–H and O–H groups in total. The molecule has 0 saturated heterocycles. The number of pyridine rings is 3. The Hall–Kier alpha value is -7.43. The molecule has 11 aromatic rings. The Bertz CT molecular complexity index is 3140. The molecule has 7 aromatic carbocycles. The third kappa shape index (κ3) is 5.11. The molecule has 4 aromatic heterocycles. The predicted molar refractivity (Wildman–Crippen MR) is 228 cm³/mol. The number of hydrogen-bond donors (Lipinski definition) is 0. The second kappa shape index (κ2) is 12.6. The van der Waals surface area contributed by atoms with E-state index in [0.29, 0.717) is 0 Å². The highest BCUT2D eigenvalue weighted by Gasteiger charge is 2.19. The second-order valence-electron chi connectivity index (χ2n) is 14.1. The van der Waals surface area contributed by atoms with Gasteiger partial charge in [-0.05, 0) is 109 Å². The van der Waals surface area contributed by atoms with Crippen molar-refractivity contribution >= 4 is 54.1 Å². The zero-order valence-corrected chi connectivity index (χ0v) is 29.8. The lowest BCUT2D eigenvalue weighted by Crippen LogP contribution is -1.96. The van der Waals surface area contributed by atoms with Crippen molar-refractivity contribution in [2.75, 3.05) is 0 Å². The molecule has 11 rings (SSSR count). The van der Waals surface area contributed by atoms with E-state index in [1.54, 1.807) is 0 Å². The Labute approximate surface area is 317 Å². The van der Waals surface area contributed by atoms with Crippen LogP contribution in [0.3, 0.4) is 0 Å². The maximum Gasteiger partial charge on any atom is 0.0731 e. The molecule has 4 heterocycles. The van der Waals surface area contributed by atoms with Gasteiger partial charge in [0.25, 0.3) is 0 Å². The first-order valence-electron chi connectivity index (χ1n) is 18.6. The molecule has 0 saturated carbocycles. The molecule has 0 aliphatic heterocycles. The highest BCUT2D eigenvalue weighted by atomic mass is 15.0. The monoisotopic (exact) mass is 700 g/mol. The number of hydrogen-bond acceptors (Lipinski definition) is 3. The molecule has 0 unspecified atom stereocenters. The van der Waals surface area contributed by atoms with E-state index in [4.69, 9.17) is 4.98 Å². The van der Waals surface area contributed by atoms with Gasteiger partial charge < -0.3 is 4.57 Å². The number of nitrogens with zero attached hydrogens (tertiary/aromatic N) is 4. The van der Waals surface area contributed by atoms with Crippen molar-refractivity contribution < 1.29 is 0 Å². The first-order valence-corrected chi connectivity index (χ1v) is 18.6. The summed E-state index contributed by atoms with van der Waals surface area (Å²) in [6, 6.07) is 61.0. The van der Waals surface area contributed by atoms with E-state index in [0.717, 1.165) is 50.2 Å². The van der Waals surface area contributed by atoms with Crippen LogP contribution < -0.4 is 0 Å². The predicted octanol–water partition coefficient (Wildman–Crippen LogP) is 13.1. The van der Waals surface area contributed by atoms with Crippen LogP contribution in [0.4, 0.5) is 0 Å². The molecule has 0 radical (unpaired) electrons. The number of benzene rings is 7. The SMILES string of the molecule is c1cncc(-c2cc(-c3c4ccccc4c(-c4ccc5ccccc5c4)c4ccccc34)cc(-c3ccc(-n4c5ccccc5c5cnccc54)cc3)n2)c1. The van der Waals surface area contributed by atoms with Crippen LogP contribution in [0.1, 0.15) is 0 Å². The van der Waals surface area contributed by atoms with E-state index >= 15 is 0 Å². The molecule has 0 atom stereocenters. The lowest BCUT2D eigenvalue weighted by atomic mass is 9.85. The molecule has 256 valence electrons. The van der Waals surface area contributed by atoms with Crippen LogP contribution in [-0.2, 0) is 0 Å². The zero-order chi connectivity index (χ0) is 36.3. The van der Waals surface area contributed by atoms with Crippen molar-refractivity contribution in [1.82, 2.24) is 19.5 Å². The first-order chi connectivity index (χ1) is 27.3. The molecular formula is C51H32N4. The third-order valence-electron chi connectivity index (χ3n) is 10.9. The maximum absolute atomic E-state index is 5.29. The van der Waals surface area contributed by atoms with Crippen LogP contribution >= 0.6 is 0 Å². The molecule has 55 heavy (non-hydrogen) atoms. The van der Waals surface area contributed by atoms with Crippen molar-refractivity contribution in [1.29, 1.82) is 0 Å². The van der Waals surface area contributed by atoms with Gasteiger partial charge in [-0.15, -0.1) is 0 Å². The van der Waals surface area contributed by atoms with Gasteiger partial charge in [-0.25, -0.2) is 4.98 Å². The van der Waals surface area contributed by atoms with Gasteiger partial charge in [-0.2, -0.15) is 0 Å². The first kappa shape index (κ1) is 31.1. The molecule has 0 aliphatic carbocycles. The molecule has 0 fully saturated rings. The highest BCUT2D eigenvalue weighted by molar-refractivity contribution is 6.22. The van der Waals surface area contributed by atoms with Gasteiger partial charge in [-0.1, -0.05) is 115 Å². The fourth-order valence-electron chi connectivity index (χ4n) is 8.46. The van der Waals surface area contributed by atoms with Crippen LogP contribution in [0.5, 0.6) is 0 Å². The minimum absolute atomic E-state index is 0.881. The molecular weight excluding hydrogens is 669 g/mol. The van der Waals surface area contributed by atoms with E-state index in [2.05, 4.69) is 178 Å². The number of para-hydroxylation sites is 1. The van der Waals surface area contributed by atoms with Crippen molar-refractivity contribution in [3.63, 3.8) is 0 Å². The minimum Gasteiger partial charge on any atom is -0.309 e. The average Bonchev–Trinajstić information content (AvgIpc) is 3.60. The van der Waals surface area contributed by atoms with Crippen LogP contribution in [0.25, 0.3) is 105 Å². The number of fused-ring (bicyclic) bond motifs is 6. The molecule has 4 heteroatoms.